The highest BCUT2D eigenvalue weighted by Crippen LogP contribution is 2.35. The smallest absolute Gasteiger partial charge is 0.387 e. The third-order valence-electron chi connectivity index (χ3n) is 4.86. The lowest BCUT2D eigenvalue weighted by Crippen LogP contribution is -2.36. The number of allylic oxidation sites excluding steroid dienone is 1. The molecule has 6 nitrogen and oxygen atoms in total. The summed E-state index contributed by atoms with van der Waals surface area (Å²) in [7, 11) is -4.47. The highest BCUT2D eigenvalue weighted by molar-refractivity contribution is 7.46. The molecule has 0 bridgehead atoms. The Morgan fingerprint density at radius 3 is 1.96 bits per heavy atom. The molecule has 0 radical (unpaired) electrons. The van der Waals surface area contributed by atoms with E-state index in [2.05, 4.69) is 11.4 Å². The fraction of sp³-hybridized carbons (Fsp3) is 0.900. The summed E-state index contributed by atoms with van der Waals surface area (Å²) in [5, 5.41) is 10.1. The predicted octanol–water partition coefficient (Wildman–Crippen LogP) is 4.82. The quantitative estimate of drug-likeness (QED) is 0.147. The Labute approximate surface area is 165 Å². The van der Waals surface area contributed by atoms with E-state index in [1.54, 1.807) is 0 Å². The van der Waals surface area contributed by atoms with Crippen LogP contribution in [0.25, 0.3) is 0 Å². The zero-order valence-electron chi connectivity index (χ0n) is 17.3. The zero-order valence-corrected chi connectivity index (χ0v) is 18.2. The fourth-order valence-corrected chi connectivity index (χ4v) is 3.41. The first kappa shape index (κ1) is 26.8. The number of aliphatic hydroxyl groups excluding tert-OH is 1. The molecule has 0 rings (SSSR count). The van der Waals surface area contributed by atoms with Crippen LogP contribution in [0.1, 0.15) is 97.3 Å². The summed E-state index contributed by atoms with van der Waals surface area (Å²) in [4.78, 5) is 17.3. The average Bonchev–Trinajstić information content (AvgIpc) is 2.60. The normalized spacial score (nSPS) is 15.1. The largest absolute Gasteiger partial charge is 0.469 e. The van der Waals surface area contributed by atoms with Crippen LogP contribution in [0, 0.1) is 0 Å². The zero-order chi connectivity index (χ0) is 20.5. The maximum Gasteiger partial charge on any atom is 0.469 e. The first-order valence-electron chi connectivity index (χ1n) is 10.6. The van der Waals surface area contributed by atoms with Crippen molar-refractivity contribution >= 4 is 7.82 Å². The van der Waals surface area contributed by atoms with Crippen molar-refractivity contribution in [3.05, 3.63) is 11.6 Å². The highest BCUT2D eigenvalue weighted by atomic mass is 31.2. The second-order valence-corrected chi connectivity index (χ2v) is 8.73. The Morgan fingerprint density at radius 1 is 1.00 bits per heavy atom. The van der Waals surface area contributed by atoms with E-state index < -0.39 is 20.0 Å². The van der Waals surface area contributed by atoms with E-state index in [9.17, 15) is 9.67 Å². The number of unbranched alkanes of at least 4 members (excludes halogenated alkanes) is 11. The number of aliphatic hydroxyl groups is 1. The van der Waals surface area contributed by atoms with E-state index in [4.69, 9.17) is 15.5 Å². The Kier molecular flexibility index (Phi) is 16.6. The van der Waals surface area contributed by atoms with Crippen LogP contribution in [0.15, 0.2) is 11.6 Å². The highest BCUT2D eigenvalue weighted by Gasteiger charge is 2.19. The van der Waals surface area contributed by atoms with E-state index in [0.29, 0.717) is 0 Å². The van der Waals surface area contributed by atoms with Gasteiger partial charge in [-0.05, 0) is 31.8 Å². The van der Waals surface area contributed by atoms with Crippen molar-refractivity contribution in [1.82, 2.24) is 0 Å². The van der Waals surface area contributed by atoms with Gasteiger partial charge in [-0.15, -0.1) is 0 Å². The summed E-state index contributed by atoms with van der Waals surface area (Å²) in [6, 6.07) is -0.592. The molecule has 0 aromatic rings. The lowest BCUT2D eigenvalue weighted by atomic mass is 10.00. The van der Waals surface area contributed by atoms with Gasteiger partial charge < -0.3 is 20.6 Å². The molecule has 0 heterocycles. The molecule has 27 heavy (non-hydrogen) atoms. The standard InChI is InChI=1S/C20H42NO5P/c1-3-4-5-6-7-8-9-10-11-12-13-14-15-18(2)20(22)19(21)16-17-26-27(23,24)25/h15,19-20,22H,3-14,16-17,21H2,1-2H3,(H2,23,24,25). The van der Waals surface area contributed by atoms with Gasteiger partial charge in [0.2, 0.25) is 0 Å². The number of phosphoric acid groups is 1. The van der Waals surface area contributed by atoms with E-state index >= 15 is 0 Å². The Bertz CT molecular complexity index is 425. The minimum atomic E-state index is -4.47. The lowest BCUT2D eigenvalue weighted by Gasteiger charge is -2.19. The van der Waals surface area contributed by atoms with Crippen LogP contribution in [-0.2, 0) is 9.09 Å². The molecule has 0 aromatic heterocycles. The van der Waals surface area contributed by atoms with Crippen molar-refractivity contribution < 1.29 is 24.0 Å². The monoisotopic (exact) mass is 407 g/mol. The van der Waals surface area contributed by atoms with Crippen molar-refractivity contribution in [1.29, 1.82) is 0 Å². The molecule has 0 aliphatic rings. The van der Waals surface area contributed by atoms with Gasteiger partial charge in [0.05, 0.1) is 12.7 Å². The van der Waals surface area contributed by atoms with Crippen LogP contribution in [-0.4, -0.2) is 33.6 Å². The predicted molar refractivity (Wildman–Crippen MR) is 111 cm³/mol. The van der Waals surface area contributed by atoms with Crippen LogP contribution in [0.2, 0.25) is 0 Å². The van der Waals surface area contributed by atoms with Crippen LogP contribution in [0.4, 0.5) is 0 Å². The van der Waals surface area contributed by atoms with Crippen LogP contribution >= 0.6 is 7.82 Å². The van der Waals surface area contributed by atoms with Crippen molar-refractivity contribution in [2.75, 3.05) is 6.61 Å². The molecule has 0 fully saturated rings. The van der Waals surface area contributed by atoms with Gasteiger partial charge in [-0.1, -0.05) is 77.2 Å². The first-order chi connectivity index (χ1) is 12.8. The first-order valence-corrected chi connectivity index (χ1v) is 12.1. The molecule has 0 saturated carbocycles. The van der Waals surface area contributed by atoms with Crippen molar-refractivity contribution in [3.8, 4) is 0 Å². The Morgan fingerprint density at radius 2 is 1.48 bits per heavy atom. The summed E-state index contributed by atoms with van der Waals surface area (Å²) in [5.74, 6) is 0. The maximum absolute atomic E-state index is 10.6. The summed E-state index contributed by atoms with van der Waals surface area (Å²) in [5.41, 5.74) is 6.67. The molecule has 2 unspecified atom stereocenters. The van der Waals surface area contributed by atoms with Crippen LogP contribution < -0.4 is 5.73 Å². The fourth-order valence-electron chi connectivity index (χ4n) is 3.06. The third kappa shape index (κ3) is 17.6. The molecule has 5 N–H and O–H groups in total. The molecular formula is C20H42NO5P. The van der Waals surface area contributed by atoms with Crippen molar-refractivity contribution in [2.45, 2.75) is 109 Å². The minimum absolute atomic E-state index is 0.172. The van der Waals surface area contributed by atoms with E-state index in [0.717, 1.165) is 18.4 Å². The number of hydrogen-bond acceptors (Lipinski definition) is 4. The molecule has 0 saturated heterocycles. The second kappa shape index (κ2) is 16.7. The number of hydrogen-bond donors (Lipinski definition) is 4. The second-order valence-electron chi connectivity index (χ2n) is 7.49. The van der Waals surface area contributed by atoms with Gasteiger partial charge in [0, 0.05) is 6.04 Å². The van der Waals surface area contributed by atoms with Gasteiger partial charge in [0.15, 0.2) is 0 Å². The summed E-state index contributed by atoms with van der Waals surface area (Å²) in [6.07, 6.45) is 16.7. The van der Waals surface area contributed by atoms with E-state index in [1.807, 2.05) is 13.0 Å². The molecule has 162 valence electrons. The summed E-state index contributed by atoms with van der Waals surface area (Å²) < 4.78 is 15.0. The van der Waals surface area contributed by atoms with E-state index in [1.165, 1.54) is 64.2 Å². The summed E-state index contributed by atoms with van der Waals surface area (Å²) in [6.45, 7) is 3.91. The van der Waals surface area contributed by atoms with Crippen molar-refractivity contribution in [2.24, 2.45) is 5.73 Å². The number of rotatable bonds is 18. The van der Waals surface area contributed by atoms with Gasteiger partial charge in [0.1, 0.15) is 0 Å². The van der Waals surface area contributed by atoms with Gasteiger partial charge in [0.25, 0.3) is 0 Å². The van der Waals surface area contributed by atoms with Crippen LogP contribution in [0.3, 0.4) is 0 Å². The Hall–Kier alpha value is -0.230. The number of nitrogens with two attached hydrogens (primary N) is 1. The Balaban J connectivity index is 3.67. The summed E-state index contributed by atoms with van der Waals surface area (Å²) >= 11 is 0. The van der Waals surface area contributed by atoms with Gasteiger partial charge >= 0.3 is 7.82 Å². The third-order valence-corrected chi connectivity index (χ3v) is 5.38. The molecule has 0 aliphatic carbocycles. The van der Waals surface area contributed by atoms with E-state index in [-0.39, 0.29) is 13.0 Å². The molecule has 2 atom stereocenters. The van der Waals surface area contributed by atoms with Gasteiger partial charge in [-0.3, -0.25) is 4.52 Å². The van der Waals surface area contributed by atoms with Crippen molar-refractivity contribution in [3.63, 3.8) is 0 Å². The van der Waals surface area contributed by atoms with Gasteiger partial charge in [-0.25, -0.2) is 4.57 Å². The maximum atomic E-state index is 10.6. The number of phosphoric ester groups is 1. The molecule has 0 spiro atoms. The lowest BCUT2D eigenvalue weighted by molar-refractivity contribution is 0.146. The molecular weight excluding hydrogens is 365 g/mol. The molecule has 0 aliphatic heterocycles. The minimum Gasteiger partial charge on any atom is -0.387 e. The van der Waals surface area contributed by atoms with Crippen LogP contribution in [0.5, 0.6) is 0 Å². The SMILES string of the molecule is CCCCCCCCCCCCCC=C(C)C(O)C(N)CCOP(=O)(O)O. The van der Waals surface area contributed by atoms with Gasteiger partial charge in [-0.2, -0.15) is 0 Å². The topological polar surface area (TPSA) is 113 Å². The molecule has 0 amide bonds. The molecule has 0 aromatic carbocycles. The molecule has 7 heteroatoms. The average molecular weight is 408 g/mol.